The van der Waals surface area contributed by atoms with Crippen LogP contribution in [0.15, 0.2) is 24.4 Å². The lowest BCUT2D eigenvalue weighted by atomic mass is 10.0. The van der Waals surface area contributed by atoms with Crippen LogP contribution in [0.4, 0.5) is 13.2 Å². The van der Waals surface area contributed by atoms with Gasteiger partial charge in [-0.2, -0.15) is 17.5 Å². The van der Waals surface area contributed by atoms with Crippen molar-refractivity contribution in [3.05, 3.63) is 30.1 Å². The lowest BCUT2D eigenvalue weighted by molar-refractivity contribution is -0.192. The second-order valence-electron chi connectivity index (χ2n) is 6.63. The molecule has 1 aromatic heterocycles. The molecular formula is C17H23F3N2O6S. The molecule has 2 saturated heterocycles. The zero-order chi connectivity index (χ0) is 21.7. The number of sulfonamides is 1. The van der Waals surface area contributed by atoms with E-state index in [0.29, 0.717) is 32.8 Å². The monoisotopic (exact) mass is 440 g/mol. The van der Waals surface area contributed by atoms with E-state index in [0.717, 1.165) is 5.69 Å². The van der Waals surface area contributed by atoms with Gasteiger partial charge in [-0.15, -0.1) is 0 Å². The number of ether oxygens (including phenoxy) is 2. The number of nitrogens with zero attached hydrogens (tertiary/aromatic N) is 2. The number of hydrogen-bond acceptors (Lipinski definition) is 6. The fourth-order valence-electron chi connectivity index (χ4n) is 3.21. The van der Waals surface area contributed by atoms with E-state index in [1.807, 2.05) is 25.1 Å². The molecule has 3 rings (SSSR count). The van der Waals surface area contributed by atoms with Gasteiger partial charge in [-0.25, -0.2) is 13.2 Å². The van der Waals surface area contributed by atoms with Crippen LogP contribution in [0.1, 0.15) is 19.0 Å². The molecule has 0 spiro atoms. The third-order valence-corrected chi connectivity index (χ3v) is 6.59. The Bertz CT molecular complexity index is 775. The third kappa shape index (κ3) is 6.36. The normalized spacial score (nSPS) is 24.6. The highest BCUT2D eigenvalue weighted by Crippen LogP contribution is 2.34. The van der Waals surface area contributed by atoms with Crippen LogP contribution in [0.3, 0.4) is 0 Å². The van der Waals surface area contributed by atoms with Crippen molar-refractivity contribution in [2.45, 2.75) is 38.3 Å². The molecule has 29 heavy (non-hydrogen) atoms. The Balaban J connectivity index is 0.000000370. The quantitative estimate of drug-likeness (QED) is 0.717. The van der Waals surface area contributed by atoms with Gasteiger partial charge in [0.2, 0.25) is 10.0 Å². The van der Waals surface area contributed by atoms with Crippen LogP contribution in [-0.4, -0.2) is 72.6 Å². The molecule has 0 saturated carbocycles. The largest absolute Gasteiger partial charge is 0.490 e. The maximum atomic E-state index is 12.4. The van der Waals surface area contributed by atoms with Crippen LogP contribution < -0.4 is 0 Å². The molecule has 164 valence electrons. The molecule has 0 bridgehead atoms. The molecule has 1 aromatic rings. The molecule has 8 nitrogen and oxygen atoms in total. The number of pyridine rings is 1. The van der Waals surface area contributed by atoms with Gasteiger partial charge in [0.05, 0.1) is 43.4 Å². The van der Waals surface area contributed by atoms with E-state index in [1.54, 1.807) is 10.5 Å². The molecule has 2 fully saturated rings. The summed E-state index contributed by atoms with van der Waals surface area (Å²) in [4.78, 5) is 13.1. The number of carboxylic acid groups (broad SMARTS) is 1. The van der Waals surface area contributed by atoms with Crippen molar-refractivity contribution in [1.29, 1.82) is 0 Å². The second kappa shape index (κ2) is 9.83. The fourth-order valence-corrected chi connectivity index (χ4v) is 4.96. The third-order valence-electron chi connectivity index (χ3n) is 4.53. The first-order chi connectivity index (χ1) is 13.6. The number of hydrogen-bond donors (Lipinski definition) is 1. The van der Waals surface area contributed by atoms with Crippen molar-refractivity contribution in [2.24, 2.45) is 5.92 Å². The average molecular weight is 440 g/mol. The molecule has 3 heterocycles. The molecule has 12 heteroatoms. The summed E-state index contributed by atoms with van der Waals surface area (Å²) in [5.41, 5.74) is 0.854. The van der Waals surface area contributed by atoms with Crippen molar-refractivity contribution < 1.29 is 41.0 Å². The first kappa shape index (κ1) is 23.5. The lowest BCUT2D eigenvalue weighted by Gasteiger charge is -2.21. The van der Waals surface area contributed by atoms with E-state index in [2.05, 4.69) is 4.98 Å². The number of carboxylic acids is 1. The van der Waals surface area contributed by atoms with E-state index in [1.165, 1.54) is 0 Å². The highest BCUT2D eigenvalue weighted by Gasteiger charge is 2.50. The summed E-state index contributed by atoms with van der Waals surface area (Å²) in [7, 11) is -3.22. The molecule has 0 aromatic carbocycles. The highest BCUT2D eigenvalue weighted by atomic mass is 32.2. The standard InChI is InChI=1S/C15H22N2O4S.C2HF3O2/c1-2-7-22(18,19)17-8-15(13-10-20-11-14(13)17)21-9-12-5-3-4-6-16-12;3-2(4,5)1(6)7/h3-6,13-15H,2,7-11H2,1H3;(H,6,7)/t13-,14+,15-;/m0./s1. The van der Waals surface area contributed by atoms with Gasteiger partial charge in [0.1, 0.15) is 0 Å². The Labute approximate surface area is 166 Å². The predicted octanol–water partition coefficient (Wildman–Crippen LogP) is 1.67. The molecule has 0 aliphatic carbocycles. The van der Waals surface area contributed by atoms with E-state index in [4.69, 9.17) is 19.4 Å². The van der Waals surface area contributed by atoms with Gasteiger partial charge >= 0.3 is 12.1 Å². The molecule has 3 atom stereocenters. The fraction of sp³-hybridized carbons (Fsp3) is 0.647. The highest BCUT2D eigenvalue weighted by molar-refractivity contribution is 7.89. The molecule has 2 aliphatic heterocycles. The maximum Gasteiger partial charge on any atom is 0.490 e. The summed E-state index contributed by atoms with van der Waals surface area (Å²) in [6, 6.07) is 5.60. The summed E-state index contributed by atoms with van der Waals surface area (Å²) in [6.07, 6.45) is -2.86. The molecular weight excluding hydrogens is 417 g/mol. The lowest BCUT2D eigenvalue weighted by Crippen LogP contribution is -2.39. The summed E-state index contributed by atoms with van der Waals surface area (Å²) in [5.74, 6) is -2.45. The smallest absolute Gasteiger partial charge is 0.475 e. The summed E-state index contributed by atoms with van der Waals surface area (Å²) in [6.45, 7) is 3.74. The van der Waals surface area contributed by atoms with E-state index < -0.39 is 22.2 Å². The maximum absolute atomic E-state index is 12.4. The number of halogens is 3. The molecule has 0 unspecified atom stereocenters. The van der Waals surface area contributed by atoms with Gasteiger partial charge in [0.25, 0.3) is 0 Å². The van der Waals surface area contributed by atoms with Crippen LogP contribution in [0, 0.1) is 5.92 Å². The summed E-state index contributed by atoms with van der Waals surface area (Å²) >= 11 is 0. The van der Waals surface area contributed by atoms with Crippen molar-refractivity contribution in [2.75, 3.05) is 25.5 Å². The number of rotatable bonds is 6. The van der Waals surface area contributed by atoms with Crippen LogP contribution >= 0.6 is 0 Å². The van der Waals surface area contributed by atoms with E-state index in [9.17, 15) is 21.6 Å². The Kier molecular flexibility index (Phi) is 7.97. The van der Waals surface area contributed by atoms with Gasteiger partial charge < -0.3 is 14.6 Å². The molecule has 2 aliphatic rings. The number of aromatic nitrogens is 1. The average Bonchev–Trinajstić information content (AvgIpc) is 3.23. The minimum absolute atomic E-state index is 0.0784. The number of alkyl halides is 3. The first-order valence-corrected chi connectivity index (χ1v) is 10.6. The van der Waals surface area contributed by atoms with E-state index in [-0.39, 0.29) is 23.8 Å². The van der Waals surface area contributed by atoms with Crippen molar-refractivity contribution >= 4 is 16.0 Å². The van der Waals surface area contributed by atoms with Crippen LogP contribution in [0.5, 0.6) is 0 Å². The van der Waals surface area contributed by atoms with Gasteiger partial charge in [-0.3, -0.25) is 4.98 Å². The zero-order valence-electron chi connectivity index (χ0n) is 15.7. The van der Waals surface area contributed by atoms with Crippen molar-refractivity contribution in [3.63, 3.8) is 0 Å². The van der Waals surface area contributed by atoms with Crippen LogP contribution in [0.25, 0.3) is 0 Å². The van der Waals surface area contributed by atoms with Gasteiger partial charge in [-0.05, 0) is 18.6 Å². The Hall–Kier alpha value is -1.76. The van der Waals surface area contributed by atoms with Gasteiger partial charge in [0.15, 0.2) is 0 Å². The Morgan fingerprint density at radius 3 is 2.62 bits per heavy atom. The van der Waals surface area contributed by atoms with Crippen LogP contribution in [-0.2, 0) is 30.9 Å². The van der Waals surface area contributed by atoms with Crippen molar-refractivity contribution in [3.8, 4) is 0 Å². The SMILES string of the molecule is CCCS(=O)(=O)N1C[C@H](OCc2ccccn2)[C@H]2COC[C@H]21.O=C(O)C(F)(F)F. The molecule has 0 radical (unpaired) electrons. The zero-order valence-corrected chi connectivity index (χ0v) is 16.5. The topological polar surface area (TPSA) is 106 Å². The van der Waals surface area contributed by atoms with Crippen molar-refractivity contribution in [1.82, 2.24) is 9.29 Å². The second-order valence-corrected chi connectivity index (χ2v) is 8.67. The van der Waals surface area contributed by atoms with Crippen LogP contribution in [0.2, 0.25) is 0 Å². The molecule has 0 amide bonds. The number of fused-ring (bicyclic) bond motifs is 1. The number of carbonyl (C=O) groups is 1. The van der Waals surface area contributed by atoms with Gasteiger partial charge in [-0.1, -0.05) is 13.0 Å². The summed E-state index contributed by atoms with van der Waals surface area (Å²) in [5, 5.41) is 7.12. The number of aliphatic carboxylic acids is 1. The Morgan fingerprint density at radius 2 is 2.07 bits per heavy atom. The summed E-state index contributed by atoms with van der Waals surface area (Å²) < 4.78 is 69.6. The minimum Gasteiger partial charge on any atom is -0.475 e. The molecule has 1 N–H and O–H groups in total. The predicted molar refractivity (Wildman–Crippen MR) is 95.4 cm³/mol. The van der Waals surface area contributed by atoms with E-state index >= 15 is 0 Å². The first-order valence-electron chi connectivity index (χ1n) is 8.95. The minimum atomic E-state index is -5.08. The Morgan fingerprint density at radius 1 is 1.38 bits per heavy atom. The van der Waals surface area contributed by atoms with Gasteiger partial charge in [0, 0.05) is 18.7 Å².